The molecular weight excluding hydrogens is 448 g/mol. The maximum atomic E-state index is 9.11. The van der Waals surface area contributed by atoms with Crippen molar-refractivity contribution in [2.75, 3.05) is 0 Å². The number of benzene rings is 1. The van der Waals surface area contributed by atoms with E-state index in [9.17, 15) is 0 Å². The summed E-state index contributed by atoms with van der Waals surface area (Å²) in [6.45, 7) is 0.516. The molecule has 6 heteroatoms. The summed E-state index contributed by atoms with van der Waals surface area (Å²) in [6.07, 6.45) is 0. The van der Waals surface area contributed by atoms with E-state index in [1.165, 1.54) is 0 Å². The summed E-state index contributed by atoms with van der Waals surface area (Å²) in [5.41, 5.74) is 0.832. The Morgan fingerprint density at radius 3 is 2.28 bits per heavy atom. The van der Waals surface area contributed by atoms with Crippen LogP contribution >= 0.6 is 59.1 Å². The molecule has 0 aliphatic rings. The first kappa shape index (κ1) is 14.5. The highest BCUT2D eigenvalue weighted by Crippen LogP contribution is 2.36. The number of aliphatic hydroxyl groups excluding tert-OH is 1. The van der Waals surface area contributed by atoms with Gasteiger partial charge in [0, 0.05) is 4.47 Å². The Hall–Kier alpha value is 0.120. The van der Waals surface area contributed by atoms with Crippen LogP contribution in [0.5, 0.6) is 5.75 Å². The van der Waals surface area contributed by atoms with E-state index < -0.39 is 0 Å². The summed E-state index contributed by atoms with van der Waals surface area (Å²) in [5, 5.41) is 11.1. The first-order chi connectivity index (χ1) is 8.61. The second-order valence-corrected chi connectivity index (χ2v) is 7.09. The number of hydrogen-bond acceptors (Lipinski definition) is 3. The number of aliphatic hydroxyl groups is 1. The molecule has 0 aliphatic carbocycles. The van der Waals surface area contributed by atoms with Crippen molar-refractivity contribution < 1.29 is 9.84 Å². The van der Waals surface area contributed by atoms with Crippen molar-refractivity contribution in [3.05, 3.63) is 47.4 Å². The average molecular weight is 457 g/mol. The van der Waals surface area contributed by atoms with Gasteiger partial charge >= 0.3 is 0 Å². The minimum atomic E-state index is 0.00789. The summed E-state index contributed by atoms with van der Waals surface area (Å²) >= 11 is 12.0. The van der Waals surface area contributed by atoms with Crippen LogP contribution in [0.3, 0.4) is 0 Å². The lowest BCUT2D eigenvalue weighted by atomic mass is 10.2. The van der Waals surface area contributed by atoms with Gasteiger partial charge in [-0.2, -0.15) is 0 Å². The van der Waals surface area contributed by atoms with Crippen molar-refractivity contribution in [1.29, 1.82) is 0 Å². The largest absolute Gasteiger partial charge is 0.486 e. The van der Waals surface area contributed by atoms with Crippen molar-refractivity contribution in [3.63, 3.8) is 0 Å². The van der Waals surface area contributed by atoms with E-state index in [-0.39, 0.29) is 6.61 Å². The van der Waals surface area contributed by atoms with Crippen molar-refractivity contribution in [1.82, 2.24) is 0 Å². The molecule has 0 bridgehead atoms. The first-order valence-corrected chi connectivity index (χ1v) is 8.31. The minimum absolute atomic E-state index is 0.00789. The lowest BCUT2D eigenvalue weighted by Gasteiger charge is -2.11. The monoisotopic (exact) mass is 454 g/mol. The molecule has 0 atom stereocenters. The molecule has 0 unspecified atom stereocenters. The molecule has 96 valence electrons. The number of ether oxygens (including phenoxy) is 1. The van der Waals surface area contributed by atoms with Gasteiger partial charge in [-0.15, -0.1) is 11.3 Å². The number of halogens is 3. The van der Waals surface area contributed by atoms with Gasteiger partial charge in [-0.3, -0.25) is 0 Å². The van der Waals surface area contributed by atoms with E-state index in [4.69, 9.17) is 9.84 Å². The predicted molar refractivity (Wildman–Crippen MR) is 84.1 cm³/mol. The fourth-order valence-corrected chi connectivity index (χ4v) is 4.30. The van der Waals surface area contributed by atoms with E-state index in [1.807, 2.05) is 23.6 Å². The van der Waals surface area contributed by atoms with Crippen molar-refractivity contribution in [2.24, 2.45) is 0 Å². The molecule has 1 aromatic heterocycles. The Morgan fingerprint density at radius 2 is 1.78 bits per heavy atom. The molecule has 0 saturated carbocycles. The van der Waals surface area contributed by atoms with Crippen molar-refractivity contribution >= 4 is 59.1 Å². The summed E-state index contributed by atoms with van der Waals surface area (Å²) in [5.74, 6) is 0.743. The molecule has 2 rings (SSSR count). The third kappa shape index (κ3) is 3.36. The summed E-state index contributed by atoms with van der Waals surface area (Å²) in [6, 6.07) is 5.70. The Morgan fingerprint density at radius 1 is 1.11 bits per heavy atom. The Bertz CT molecular complexity index is 531. The summed E-state index contributed by atoms with van der Waals surface area (Å²) < 4.78 is 8.51. The fraction of sp³-hybridized carbons (Fsp3) is 0.167. The SMILES string of the molecule is OCc1cc(Br)c(OCc2sccc2Br)c(Br)c1. The molecule has 2 aromatic rings. The second kappa shape index (κ2) is 6.52. The highest BCUT2D eigenvalue weighted by atomic mass is 79.9. The van der Waals surface area contributed by atoms with Gasteiger partial charge in [0.25, 0.3) is 0 Å². The van der Waals surface area contributed by atoms with Crippen molar-refractivity contribution in [3.8, 4) is 5.75 Å². The van der Waals surface area contributed by atoms with Gasteiger partial charge in [0.15, 0.2) is 0 Å². The minimum Gasteiger partial charge on any atom is -0.486 e. The smallest absolute Gasteiger partial charge is 0.148 e. The molecule has 18 heavy (non-hydrogen) atoms. The molecular formula is C12H9Br3O2S. The van der Waals surface area contributed by atoms with E-state index in [2.05, 4.69) is 47.8 Å². The maximum Gasteiger partial charge on any atom is 0.148 e. The van der Waals surface area contributed by atoms with Gasteiger partial charge in [-0.1, -0.05) is 0 Å². The normalized spacial score (nSPS) is 10.7. The third-order valence-corrected chi connectivity index (χ3v) is 5.36. The standard InChI is InChI=1S/C12H9Br3O2S/c13-8-1-2-18-11(8)6-17-12-9(14)3-7(5-16)4-10(12)15/h1-4,16H,5-6H2. The molecule has 1 heterocycles. The molecule has 0 amide bonds. The molecule has 1 aromatic carbocycles. The lowest BCUT2D eigenvalue weighted by Crippen LogP contribution is -1.96. The van der Waals surface area contributed by atoms with Crippen LogP contribution in [-0.2, 0) is 13.2 Å². The first-order valence-electron chi connectivity index (χ1n) is 5.05. The number of hydrogen-bond donors (Lipinski definition) is 1. The molecule has 0 saturated heterocycles. The molecule has 0 radical (unpaired) electrons. The van der Waals surface area contributed by atoms with Gasteiger partial charge in [0.1, 0.15) is 12.4 Å². The second-order valence-electron chi connectivity index (χ2n) is 3.53. The van der Waals surface area contributed by atoms with E-state index in [0.717, 1.165) is 29.6 Å². The Balaban J connectivity index is 2.17. The molecule has 0 spiro atoms. The lowest BCUT2D eigenvalue weighted by molar-refractivity contribution is 0.280. The summed E-state index contributed by atoms with van der Waals surface area (Å²) in [4.78, 5) is 1.14. The molecule has 1 N–H and O–H groups in total. The topological polar surface area (TPSA) is 29.5 Å². The molecule has 0 fully saturated rings. The summed E-state index contributed by atoms with van der Waals surface area (Å²) in [7, 11) is 0. The predicted octanol–water partition coefficient (Wildman–Crippen LogP) is 5.11. The fourth-order valence-electron chi connectivity index (χ4n) is 1.41. The Labute approximate surface area is 134 Å². The zero-order valence-corrected chi connectivity index (χ0v) is 14.7. The van der Waals surface area contributed by atoms with Crippen molar-refractivity contribution in [2.45, 2.75) is 13.2 Å². The number of thiophene rings is 1. The van der Waals surface area contributed by atoms with E-state index in [1.54, 1.807) is 11.3 Å². The molecule has 0 aliphatic heterocycles. The quantitative estimate of drug-likeness (QED) is 0.693. The number of rotatable bonds is 4. The highest BCUT2D eigenvalue weighted by Gasteiger charge is 2.10. The van der Waals surface area contributed by atoms with Crippen LogP contribution in [0.4, 0.5) is 0 Å². The van der Waals surface area contributed by atoms with Crippen LogP contribution in [0.2, 0.25) is 0 Å². The highest BCUT2D eigenvalue weighted by molar-refractivity contribution is 9.11. The van der Waals surface area contributed by atoms with Crippen LogP contribution in [0.25, 0.3) is 0 Å². The Kier molecular flexibility index (Phi) is 5.26. The maximum absolute atomic E-state index is 9.11. The van der Waals surface area contributed by atoms with Crippen LogP contribution in [0, 0.1) is 0 Å². The van der Waals surface area contributed by atoms with Gasteiger partial charge in [0.05, 0.1) is 20.4 Å². The molecule has 2 nitrogen and oxygen atoms in total. The zero-order valence-electron chi connectivity index (χ0n) is 9.12. The van der Waals surface area contributed by atoms with Gasteiger partial charge < -0.3 is 9.84 Å². The van der Waals surface area contributed by atoms with Crippen LogP contribution < -0.4 is 4.74 Å². The average Bonchev–Trinajstić information content (AvgIpc) is 2.73. The van der Waals surface area contributed by atoms with Gasteiger partial charge in [0.2, 0.25) is 0 Å². The van der Waals surface area contributed by atoms with Crippen LogP contribution in [-0.4, -0.2) is 5.11 Å². The zero-order chi connectivity index (χ0) is 13.1. The third-order valence-electron chi connectivity index (χ3n) is 2.28. The van der Waals surface area contributed by atoms with E-state index >= 15 is 0 Å². The van der Waals surface area contributed by atoms with Gasteiger partial charge in [-0.25, -0.2) is 0 Å². The van der Waals surface area contributed by atoms with Crippen LogP contribution in [0.1, 0.15) is 10.4 Å². The van der Waals surface area contributed by atoms with Gasteiger partial charge in [-0.05, 0) is 76.9 Å². The van der Waals surface area contributed by atoms with Crippen LogP contribution in [0.15, 0.2) is 37.0 Å². The van der Waals surface area contributed by atoms with E-state index in [0.29, 0.717) is 6.61 Å².